The molecule has 1 aromatic heterocycles. The average molecular weight is 266 g/mol. The average Bonchev–Trinajstić information content (AvgIpc) is 2.89. The van der Waals surface area contributed by atoms with Gasteiger partial charge in [0.2, 0.25) is 0 Å². The van der Waals surface area contributed by atoms with Crippen LogP contribution in [0.15, 0.2) is 16.8 Å². The van der Waals surface area contributed by atoms with E-state index in [1.54, 1.807) is 11.3 Å². The van der Waals surface area contributed by atoms with E-state index in [1.165, 1.54) is 37.7 Å². The molecule has 0 aliphatic heterocycles. The van der Waals surface area contributed by atoms with Crippen molar-refractivity contribution in [3.05, 3.63) is 22.4 Å². The molecule has 2 nitrogen and oxygen atoms in total. The minimum absolute atomic E-state index is 0.342. The van der Waals surface area contributed by atoms with Gasteiger partial charge >= 0.3 is 0 Å². The SMILES string of the molecule is CNC(Cc1ccsc1)C1(N(C)C)CCCCC1. The van der Waals surface area contributed by atoms with Gasteiger partial charge < -0.3 is 10.2 Å². The molecule has 1 N–H and O–H groups in total. The van der Waals surface area contributed by atoms with Crippen LogP contribution in [0.5, 0.6) is 0 Å². The lowest BCUT2D eigenvalue weighted by atomic mass is 9.73. The van der Waals surface area contributed by atoms with Gasteiger partial charge in [0.1, 0.15) is 0 Å². The molecule has 0 saturated heterocycles. The van der Waals surface area contributed by atoms with Crippen LogP contribution in [0.2, 0.25) is 0 Å². The van der Waals surface area contributed by atoms with E-state index in [0.717, 1.165) is 6.42 Å². The molecule has 1 atom stereocenters. The Hall–Kier alpha value is -0.380. The van der Waals surface area contributed by atoms with Crippen molar-refractivity contribution in [2.24, 2.45) is 0 Å². The summed E-state index contributed by atoms with van der Waals surface area (Å²) < 4.78 is 0. The largest absolute Gasteiger partial charge is 0.315 e. The first-order valence-corrected chi connectivity index (χ1v) is 7.99. The van der Waals surface area contributed by atoms with Crippen molar-refractivity contribution in [1.82, 2.24) is 10.2 Å². The molecular formula is C15H26N2S. The first-order chi connectivity index (χ1) is 8.69. The lowest BCUT2D eigenvalue weighted by molar-refractivity contribution is 0.0598. The summed E-state index contributed by atoms with van der Waals surface area (Å²) in [6, 6.07) is 2.82. The Bertz CT molecular complexity index is 339. The van der Waals surface area contributed by atoms with Crippen molar-refractivity contribution in [2.75, 3.05) is 21.1 Å². The van der Waals surface area contributed by atoms with Gasteiger partial charge in [0.15, 0.2) is 0 Å². The predicted octanol–water partition coefficient (Wildman–Crippen LogP) is 3.14. The number of likely N-dealkylation sites (N-methyl/N-ethyl adjacent to an activating group) is 2. The van der Waals surface area contributed by atoms with Crippen molar-refractivity contribution < 1.29 is 0 Å². The van der Waals surface area contributed by atoms with Gasteiger partial charge in [-0.25, -0.2) is 0 Å². The third-order valence-corrected chi connectivity index (χ3v) is 5.36. The van der Waals surface area contributed by atoms with E-state index in [-0.39, 0.29) is 0 Å². The van der Waals surface area contributed by atoms with Crippen LogP contribution in [0.3, 0.4) is 0 Å². The Morgan fingerprint density at radius 3 is 2.56 bits per heavy atom. The molecule has 0 spiro atoms. The molecule has 1 heterocycles. The van der Waals surface area contributed by atoms with Crippen LogP contribution in [0.1, 0.15) is 37.7 Å². The van der Waals surface area contributed by atoms with E-state index in [0.29, 0.717) is 11.6 Å². The summed E-state index contributed by atoms with van der Waals surface area (Å²) in [5, 5.41) is 8.07. The molecule has 3 heteroatoms. The molecule has 0 bridgehead atoms. The van der Waals surface area contributed by atoms with Gasteiger partial charge in [-0.1, -0.05) is 19.3 Å². The van der Waals surface area contributed by atoms with Crippen LogP contribution in [0.4, 0.5) is 0 Å². The predicted molar refractivity (Wildman–Crippen MR) is 80.4 cm³/mol. The quantitative estimate of drug-likeness (QED) is 0.881. The van der Waals surface area contributed by atoms with Crippen molar-refractivity contribution in [1.29, 1.82) is 0 Å². The zero-order chi connectivity index (χ0) is 13.0. The van der Waals surface area contributed by atoms with Gasteiger partial charge in [-0.3, -0.25) is 0 Å². The molecule has 1 unspecified atom stereocenters. The van der Waals surface area contributed by atoms with E-state index < -0.39 is 0 Å². The van der Waals surface area contributed by atoms with Crippen LogP contribution < -0.4 is 5.32 Å². The molecule has 0 radical (unpaired) electrons. The van der Waals surface area contributed by atoms with E-state index in [9.17, 15) is 0 Å². The van der Waals surface area contributed by atoms with Gasteiger partial charge in [0.05, 0.1) is 0 Å². The smallest absolute Gasteiger partial charge is 0.0359 e. The van der Waals surface area contributed by atoms with Crippen molar-refractivity contribution in [3.63, 3.8) is 0 Å². The number of nitrogens with one attached hydrogen (secondary N) is 1. The van der Waals surface area contributed by atoms with Crippen LogP contribution in [0, 0.1) is 0 Å². The van der Waals surface area contributed by atoms with E-state index in [4.69, 9.17) is 0 Å². The van der Waals surface area contributed by atoms with Gasteiger partial charge in [-0.15, -0.1) is 0 Å². The molecule has 1 saturated carbocycles. The molecule has 18 heavy (non-hydrogen) atoms. The minimum atomic E-state index is 0.342. The second kappa shape index (κ2) is 6.18. The second-order valence-corrected chi connectivity index (χ2v) is 6.52. The molecule has 1 fully saturated rings. The number of hydrogen-bond acceptors (Lipinski definition) is 3. The third-order valence-electron chi connectivity index (χ3n) is 4.63. The molecule has 1 aromatic rings. The highest BCUT2D eigenvalue weighted by Crippen LogP contribution is 2.36. The van der Waals surface area contributed by atoms with E-state index >= 15 is 0 Å². The zero-order valence-corrected chi connectivity index (χ0v) is 12.7. The Labute approximate surface area is 115 Å². The standard InChI is InChI=1S/C15H26N2S/c1-16-14(11-13-7-10-18-12-13)15(17(2)3)8-5-4-6-9-15/h7,10,12,14,16H,4-6,8-9,11H2,1-3H3. The van der Waals surface area contributed by atoms with Crippen molar-refractivity contribution >= 4 is 11.3 Å². The summed E-state index contributed by atoms with van der Waals surface area (Å²) >= 11 is 1.80. The van der Waals surface area contributed by atoms with Gasteiger partial charge in [-0.05, 0) is 62.8 Å². The number of hydrogen-bond donors (Lipinski definition) is 1. The fourth-order valence-corrected chi connectivity index (χ4v) is 4.16. The van der Waals surface area contributed by atoms with Crippen LogP contribution >= 0.6 is 11.3 Å². The molecule has 1 aliphatic carbocycles. The molecule has 2 rings (SSSR count). The molecule has 1 aliphatic rings. The lowest BCUT2D eigenvalue weighted by Crippen LogP contribution is -2.60. The zero-order valence-electron chi connectivity index (χ0n) is 11.9. The Kier molecular flexibility index (Phi) is 4.82. The maximum Gasteiger partial charge on any atom is 0.0359 e. The van der Waals surface area contributed by atoms with Crippen LogP contribution in [0.25, 0.3) is 0 Å². The van der Waals surface area contributed by atoms with Crippen molar-refractivity contribution in [2.45, 2.75) is 50.1 Å². The van der Waals surface area contributed by atoms with Crippen LogP contribution in [-0.4, -0.2) is 37.6 Å². The molecule has 102 valence electrons. The van der Waals surface area contributed by atoms with Gasteiger partial charge in [0.25, 0.3) is 0 Å². The maximum absolute atomic E-state index is 3.60. The first-order valence-electron chi connectivity index (χ1n) is 7.05. The number of nitrogens with zero attached hydrogens (tertiary/aromatic N) is 1. The first kappa shape index (κ1) is 14.0. The topological polar surface area (TPSA) is 15.3 Å². The number of thiophene rings is 1. The lowest BCUT2D eigenvalue weighted by Gasteiger charge is -2.48. The van der Waals surface area contributed by atoms with Gasteiger partial charge in [0, 0.05) is 11.6 Å². The monoisotopic (exact) mass is 266 g/mol. The highest BCUT2D eigenvalue weighted by Gasteiger charge is 2.40. The summed E-state index contributed by atoms with van der Waals surface area (Å²) in [5.74, 6) is 0. The third kappa shape index (κ3) is 2.79. The summed E-state index contributed by atoms with van der Waals surface area (Å²) in [4.78, 5) is 2.47. The fraction of sp³-hybridized carbons (Fsp3) is 0.733. The minimum Gasteiger partial charge on any atom is -0.315 e. The summed E-state index contributed by atoms with van der Waals surface area (Å²) in [6.45, 7) is 0. The highest BCUT2D eigenvalue weighted by atomic mass is 32.1. The van der Waals surface area contributed by atoms with Crippen LogP contribution in [-0.2, 0) is 6.42 Å². The second-order valence-electron chi connectivity index (χ2n) is 5.74. The summed E-state index contributed by atoms with van der Waals surface area (Å²) in [5.41, 5.74) is 1.82. The van der Waals surface area contributed by atoms with E-state index in [1.807, 2.05) is 0 Å². The fourth-order valence-electron chi connectivity index (χ4n) is 3.48. The van der Waals surface area contributed by atoms with Crippen molar-refractivity contribution in [3.8, 4) is 0 Å². The Balaban J connectivity index is 2.16. The molecular weight excluding hydrogens is 240 g/mol. The highest BCUT2D eigenvalue weighted by molar-refractivity contribution is 7.07. The number of rotatable bonds is 5. The normalized spacial score (nSPS) is 21.1. The molecule has 0 aromatic carbocycles. The Morgan fingerprint density at radius 1 is 1.33 bits per heavy atom. The Morgan fingerprint density at radius 2 is 2.06 bits per heavy atom. The maximum atomic E-state index is 3.60. The summed E-state index contributed by atoms with van der Waals surface area (Å²) in [6.07, 6.45) is 7.97. The summed E-state index contributed by atoms with van der Waals surface area (Å²) in [7, 11) is 6.63. The molecule has 0 amide bonds. The van der Waals surface area contributed by atoms with E-state index in [2.05, 4.69) is 48.2 Å². The van der Waals surface area contributed by atoms with Gasteiger partial charge in [-0.2, -0.15) is 11.3 Å².